The molecule has 0 unspecified atom stereocenters. The van der Waals surface area contributed by atoms with Crippen molar-refractivity contribution in [3.63, 3.8) is 0 Å². The fraction of sp³-hybridized carbons (Fsp3) is 0.0476. The van der Waals surface area contributed by atoms with E-state index in [4.69, 9.17) is 0 Å². The number of carboxylic acid groups (broad SMARTS) is 1. The van der Waals surface area contributed by atoms with Crippen molar-refractivity contribution < 1.29 is 14.8 Å². The van der Waals surface area contributed by atoms with Gasteiger partial charge >= 0.3 is 5.97 Å². The topological polar surface area (TPSA) is 139 Å². The Morgan fingerprint density at radius 3 is 2.43 bits per heavy atom. The predicted octanol–water partition coefficient (Wildman–Crippen LogP) is 3.19. The number of carbonyl (C=O) groups is 1. The van der Waals surface area contributed by atoms with Crippen LogP contribution < -0.4 is 5.56 Å². The maximum Gasteiger partial charge on any atom is 0.357 e. The Morgan fingerprint density at radius 1 is 1.20 bits per heavy atom. The smallest absolute Gasteiger partial charge is 0.357 e. The average Bonchev–Trinajstić information content (AvgIpc) is 2.73. The van der Waals surface area contributed by atoms with Crippen molar-refractivity contribution in [3.05, 3.63) is 96.9 Å². The normalized spacial score (nSPS) is 10.7. The van der Waals surface area contributed by atoms with Crippen LogP contribution in [-0.2, 0) is 0 Å². The molecule has 0 saturated carbocycles. The molecule has 0 saturated heterocycles. The Hall–Kier alpha value is -4.58. The van der Waals surface area contributed by atoms with Crippen LogP contribution in [0, 0.1) is 28.4 Å². The molecule has 0 amide bonds. The van der Waals surface area contributed by atoms with Crippen LogP contribution in [0.5, 0.6) is 0 Å². The van der Waals surface area contributed by atoms with Gasteiger partial charge in [-0.3, -0.25) is 14.9 Å². The highest BCUT2D eigenvalue weighted by Gasteiger charge is 2.21. The van der Waals surface area contributed by atoms with Crippen molar-refractivity contribution in [3.8, 4) is 11.8 Å². The number of para-hydroxylation sites is 1. The summed E-state index contributed by atoms with van der Waals surface area (Å²) in [6.45, 7) is 1.73. The Labute approximate surface area is 169 Å². The minimum Gasteiger partial charge on any atom is -0.476 e. The molecule has 1 N–H and O–H groups in total. The summed E-state index contributed by atoms with van der Waals surface area (Å²) in [7, 11) is 0. The molecule has 9 nitrogen and oxygen atoms in total. The number of benzene rings is 2. The van der Waals surface area contributed by atoms with Gasteiger partial charge in [0.2, 0.25) is 0 Å². The van der Waals surface area contributed by atoms with E-state index in [1.807, 2.05) is 0 Å². The van der Waals surface area contributed by atoms with Crippen molar-refractivity contribution in [2.45, 2.75) is 6.92 Å². The summed E-state index contributed by atoms with van der Waals surface area (Å²) in [5, 5.41) is 33.9. The van der Waals surface area contributed by atoms with Crippen LogP contribution in [0.25, 0.3) is 17.8 Å². The summed E-state index contributed by atoms with van der Waals surface area (Å²) in [5.41, 5.74) is -0.258. The highest BCUT2D eigenvalue weighted by molar-refractivity contribution is 5.92. The first-order chi connectivity index (χ1) is 14.3. The van der Waals surface area contributed by atoms with Crippen molar-refractivity contribution in [1.82, 2.24) is 9.78 Å². The van der Waals surface area contributed by atoms with Crippen LogP contribution in [0.1, 0.15) is 32.7 Å². The quantitative estimate of drug-likeness (QED) is 0.510. The van der Waals surface area contributed by atoms with Gasteiger partial charge in [0.25, 0.3) is 11.2 Å². The number of aryl methyl sites for hydroxylation is 1. The van der Waals surface area contributed by atoms with Crippen molar-refractivity contribution in [2.24, 2.45) is 0 Å². The lowest BCUT2D eigenvalue weighted by molar-refractivity contribution is -0.384. The minimum atomic E-state index is -1.41. The van der Waals surface area contributed by atoms with E-state index in [9.17, 15) is 30.1 Å². The molecule has 0 radical (unpaired) electrons. The standard InChI is InChI=1S/C21H14N4O5/c1-13-4-2-3-5-18(13)24-20(26)17(12-22)16(19(23-24)21(27)28)11-8-14-6-9-15(10-7-14)25(29)30/h2-11H,1H3,(H,27,28)/b11-8-. The summed E-state index contributed by atoms with van der Waals surface area (Å²) < 4.78 is 0.903. The number of hydrogen-bond acceptors (Lipinski definition) is 6. The molecule has 1 aromatic heterocycles. The largest absolute Gasteiger partial charge is 0.476 e. The Morgan fingerprint density at radius 2 is 1.87 bits per heavy atom. The minimum absolute atomic E-state index is 0.0985. The molecule has 30 heavy (non-hydrogen) atoms. The average molecular weight is 402 g/mol. The van der Waals surface area contributed by atoms with E-state index in [0.29, 0.717) is 16.8 Å². The number of carboxylic acids is 1. The summed E-state index contributed by atoms with van der Waals surface area (Å²) in [6.07, 6.45) is 2.74. The van der Waals surface area contributed by atoms with E-state index < -0.39 is 22.1 Å². The SMILES string of the molecule is Cc1ccccc1-n1nc(C(=O)O)c(/C=C\c2ccc([N+](=O)[O-])cc2)c(C#N)c1=O. The van der Waals surface area contributed by atoms with Crippen LogP contribution in [0.3, 0.4) is 0 Å². The maximum atomic E-state index is 12.9. The van der Waals surface area contributed by atoms with Gasteiger partial charge in [-0.2, -0.15) is 15.0 Å². The zero-order valence-electron chi connectivity index (χ0n) is 15.6. The first-order valence-corrected chi connectivity index (χ1v) is 8.62. The van der Waals surface area contributed by atoms with E-state index in [0.717, 1.165) is 4.68 Å². The molecule has 0 atom stereocenters. The number of nitro benzene ring substituents is 1. The highest BCUT2D eigenvalue weighted by Crippen LogP contribution is 2.18. The Balaban J connectivity index is 2.17. The van der Waals surface area contributed by atoms with Gasteiger partial charge in [0.05, 0.1) is 10.6 Å². The molecule has 0 fully saturated rings. The third-order valence-electron chi connectivity index (χ3n) is 4.34. The fourth-order valence-electron chi connectivity index (χ4n) is 2.82. The van der Waals surface area contributed by atoms with Gasteiger partial charge in [-0.05, 0) is 36.2 Å². The lowest BCUT2D eigenvalue weighted by Gasteiger charge is -2.11. The summed E-state index contributed by atoms with van der Waals surface area (Å²) >= 11 is 0. The van der Waals surface area contributed by atoms with E-state index in [2.05, 4.69) is 5.10 Å². The number of rotatable bonds is 5. The number of aromatic nitrogens is 2. The molecule has 3 aromatic rings. The summed E-state index contributed by atoms with van der Waals surface area (Å²) in [4.78, 5) is 34.9. The molecule has 148 valence electrons. The third kappa shape index (κ3) is 3.83. The van der Waals surface area contributed by atoms with E-state index in [1.54, 1.807) is 37.3 Å². The second kappa shape index (κ2) is 8.20. The second-order valence-corrected chi connectivity index (χ2v) is 6.24. The summed E-state index contributed by atoms with van der Waals surface area (Å²) in [6, 6.07) is 14.0. The van der Waals surface area contributed by atoms with Crippen LogP contribution in [0.2, 0.25) is 0 Å². The Bertz CT molecular complexity index is 1280. The molecule has 0 aliphatic heterocycles. The zero-order chi connectivity index (χ0) is 21.8. The van der Waals surface area contributed by atoms with Crippen molar-refractivity contribution in [1.29, 1.82) is 5.26 Å². The van der Waals surface area contributed by atoms with Crippen molar-refractivity contribution in [2.75, 3.05) is 0 Å². The second-order valence-electron chi connectivity index (χ2n) is 6.24. The number of nitro groups is 1. The molecule has 9 heteroatoms. The molecular weight excluding hydrogens is 388 g/mol. The van der Waals surface area contributed by atoms with E-state index in [1.165, 1.54) is 36.4 Å². The fourth-order valence-corrected chi connectivity index (χ4v) is 2.82. The monoisotopic (exact) mass is 402 g/mol. The van der Waals surface area contributed by atoms with Gasteiger partial charge in [0.1, 0.15) is 11.6 Å². The van der Waals surface area contributed by atoms with Gasteiger partial charge in [-0.1, -0.05) is 30.4 Å². The van der Waals surface area contributed by atoms with E-state index in [-0.39, 0.29) is 16.8 Å². The molecule has 1 heterocycles. The highest BCUT2D eigenvalue weighted by atomic mass is 16.6. The number of non-ortho nitro benzene ring substituents is 1. The molecule has 0 aliphatic carbocycles. The first kappa shape index (κ1) is 20.2. The molecule has 0 bridgehead atoms. The maximum absolute atomic E-state index is 12.9. The molecule has 0 aliphatic rings. The lowest BCUT2D eigenvalue weighted by Crippen LogP contribution is -2.28. The number of aromatic carboxylic acids is 1. The van der Waals surface area contributed by atoms with Crippen LogP contribution in [0.4, 0.5) is 5.69 Å². The predicted molar refractivity (Wildman–Crippen MR) is 108 cm³/mol. The lowest BCUT2D eigenvalue weighted by atomic mass is 10.1. The summed E-state index contributed by atoms with van der Waals surface area (Å²) in [5.74, 6) is -1.41. The van der Waals surface area contributed by atoms with Gasteiger partial charge < -0.3 is 5.11 Å². The van der Waals surface area contributed by atoms with Gasteiger partial charge in [-0.15, -0.1) is 0 Å². The molecule has 2 aromatic carbocycles. The van der Waals surface area contributed by atoms with E-state index >= 15 is 0 Å². The number of nitrogens with zero attached hydrogens (tertiary/aromatic N) is 4. The Kier molecular flexibility index (Phi) is 5.51. The third-order valence-corrected chi connectivity index (χ3v) is 4.34. The zero-order valence-corrected chi connectivity index (χ0v) is 15.6. The van der Waals surface area contributed by atoms with Gasteiger partial charge in [0.15, 0.2) is 5.69 Å². The molecule has 3 rings (SSSR count). The first-order valence-electron chi connectivity index (χ1n) is 8.62. The number of hydrogen-bond donors (Lipinski definition) is 1. The van der Waals surface area contributed by atoms with Crippen LogP contribution >= 0.6 is 0 Å². The van der Waals surface area contributed by atoms with Crippen LogP contribution in [0.15, 0.2) is 53.3 Å². The van der Waals surface area contributed by atoms with Crippen LogP contribution in [-0.4, -0.2) is 25.8 Å². The van der Waals surface area contributed by atoms with Gasteiger partial charge in [0, 0.05) is 17.7 Å². The molecular formula is C21H14N4O5. The number of nitriles is 1. The molecule has 0 spiro atoms. The van der Waals surface area contributed by atoms with Gasteiger partial charge in [-0.25, -0.2) is 4.79 Å². The van der Waals surface area contributed by atoms with Crippen molar-refractivity contribution >= 4 is 23.8 Å².